The Hall–Kier alpha value is -2.14. The third-order valence-electron chi connectivity index (χ3n) is 4.23. The monoisotopic (exact) mass is 399 g/mol. The summed E-state index contributed by atoms with van der Waals surface area (Å²) in [5.74, 6) is 0.768. The summed E-state index contributed by atoms with van der Waals surface area (Å²) < 4.78 is 0. The van der Waals surface area contributed by atoms with E-state index in [1.807, 2.05) is 49.4 Å². The number of nitrogens with zero attached hydrogens (tertiary/aromatic N) is 2. The zero-order valence-corrected chi connectivity index (χ0v) is 16.5. The third kappa shape index (κ3) is 3.16. The Morgan fingerprint density at radius 2 is 1.73 bits per heavy atom. The van der Waals surface area contributed by atoms with Crippen molar-refractivity contribution in [3.8, 4) is 11.1 Å². The lowest BCUT2D eigenvalue weighted by Crippen LogP contribution is -1.96. The predicted molar refractivity (Wildman–Crippen MR) is 112 cm³/mol. The van der Waals surface area contributed by atoms with Crippen LogP contribution in [-0.2, 0) is 0 Å². The maximum Gasteiger partial charge on any atom is 0.143 e. The van der Waals surface area contributed by atoms with Gasteiger partial charge in [0.2, 0.25) is 0 Å². The van der Waals surface area contributed by atoms with E-state index in [1.165, 1.54) is 4.88 Å². The molecule has 130 valence electrons. The van der Waals surface area contributed by atoms with Crippen LogP contribution in [0.3, 0.4) is 0 Å². The summed E-state index contributed by atoms with van der Waals surface area (Å²) >= 11 is 14.0. The Balaban J connectivity index is 1.87. The maximum atomic E-state index is 6.26. The van der Waals surface area contributed by atoms with Crippen LogP contribution in [0.15, 0.2) is 48.8 Å². The summed E-state index contributed by atoms with van der Waals surface area (Å²) in [6.45, 7) is 4.08. The molecule has 0 bridgehead atoms. The van der Waals surface area contributed by atoms with Crippen LogP contribution in [0.2, 0.25) is 10.0 Å². The van der Waals surface area contributed by atoms with E-state index in [4.69, 9.17) is 23.2 Å². The number of thiophene rings is 1. The molecule has 0 aliphatic carbocycles. The number of halogens is 2. The van der Waals surface area contributed by atoms with Crippen LogP contribution in [-0.4, -0.2) is 9.97 Å². The quantitative estimate of drug-likeness (QED) is 0.401. The lowest BCUT2D eigenvalue weighted by molar-refractivity contribution is 1.23. The van der Waals surface area contributed by atoms with Gasteiger partial charge in [-0.25, -0.2) is 9.97 Å². The minimum atomic E-state index is 0.717. The van der Waals surface area contributed by atoms with Crippen molar-refractivity contribution in [1.82, 2.24) is 9.97 Å². The molecular weight excluding hydrogens is 385 g/mol. The molecule has 3 nitrogen and oxygen atoms in total. The van der Waals surface area contributed by atoms with Gasteiger partial charge in [-0.1, -0.05) is 41.4 Å². The van der Waals surface area contributed by atoms with E-state index in [-0.39, 0.29) is 0 Å². The maximum absolute atomic E-state index is 6.26. The molecule has 0 unspecified atom stereocenters. The number of aryl methyl sites for hydroxylation is 2. The summed E-state index contributed by atoms with van der Waals surface area (Å²) in [5.41, 5.74) is 4.16. The van der Waals surface area contributed by atoms with Crippen LogP contribution >= 0.6 is 34.5 Å². The average molecular weight is 400 g/mol. The lowest BCUT2D eigenvalue weighted by Gasteiger charge is -2.10. The molecule has 0 aliphatic rings. The van der Waals surface area contributed by atoms with Gasteiger partial charge < -0.3 is 5.32 Å². The Labute approximate surface area is 165 Å². The van der Waals surface area contributed by atoms with E-state index in [0.29, 0.717) is 0 Å². The van der Waals surface area contributed by atoms with E-state index < -0.39 is 0 Å². The SMILES string of the molecule is Cc1ccc(Nc2ncnc3sc(C)c(-c4ccc(Cl)cc4)c23)cc1Cl. The van der Waals surface area contributed by atoms with Crippen molar-refractivity contribution in [3.63, 3.8) is 0 Å². The summed E-state index contributed by atoms with van der Waals surface area (Å²) in [4.78, 5) is 11.1. The first kappa shape index (κ1) is 17.3. The van der Waals surface area contributed by atoms with Crippen molar-refractivity contribution in [3.05, 3.63) is 69.3 Å². The minimum absolute atomic E-state index is 0.717. The normalized spacial score (nSPS) is 11.1. The van der Waals surface area contributed by atoms with Gasteiger partial charge in [0.1, 0.15) is 17.0 Å². The number of benzene rings is 2. The number of rotatable bonds is 3. The molecule has 2 heterocycles. The number of hydrogen-bond donors (Lipinski definition) is 1. The molecule has 2 aromatic carbocycles. The van der Waals surface area contributed by atoms with Crippen LogP contribution < -0.4 is 5.32 Å². The zero-order valence-electron chi connectivity index (χ0n) is 14.2. The highest BCUT2D eigenvalue weighted by atomic mass is 35.5. The molecule has 0 amide bonds. The third-order valence-corrected chi connectivity index (χ3v) is 5.90. The average Bonchev–Trinajstić information content (AvgIpc) is 2.96. The fourth-order valence-electron chi connectivity index (χ4n) is 2.91. The van der Waals surface area contributed by atoms with Crippen molar-refractivity contribution in [2.75, 3.05) is 5.32 Å². The first-order valence-corrected chi connectivity index (χ1v) is 9.63. The van der Waals surface area contributed by atoms with Crippen LogP contribution in [0, 0.1) is 13.8 Å². The molecule has 26 heavy (non-hydrogen) atoms. The van der Waals surface area contributed by atoms with E-state index in [1.54, 1.807) is 17.7 Å². The number of anilines is 2. The molecule has 0 saturated heterocycles. The predicted octanol–water partition coefficient (Wildman–Crippen LogP) is 7.03. The molecule has 0 saturated carbocycles. The fraction of sp³-hybridized carbons (Fsp3) is 0.100. The van der Waals surface area contributed by atoms with Gasteiger partial charge in [-0.3, -0.25) is 0 Å². The van der Waals surface area contributed by atoms with Gasteiger partial charge >= 0.3 is 0 Å². The molecule has 1 N–H and O–H groups in total. The van der Waals surface area contributed by atoms with Crippen molar-refractivity contribution in [2.45, 2.75) is 13.8 Å². The van der Waals surface area contributed by atoms with E-state index >= 15 is 0 Å². The Morgan fingerprint density at radius 3 is 2.46 bits per heavy atom. The first-order valence-electron chi connectivity index (χ1n) is 8.06. The summed E-state index contributed by atoms with van der Waals surface area (Å²) in [6.07, 6.45) is 1.59. The second kappa shape index (κ2) is 6.88. The highest BCUT2D eigenvalue weighted by Gasteiger charge is 2.17. The number of aromatic nitrogens is 2. The summed E-state index contributed by atoms with van der Waals surface area (Å²) in [5, 5.41) is 5.84. The second-order valence-corrected chi connectivity index (χ2v) is 8.08. The Morgan fingerprint density at radius 1 is 0.962 bits per heavy atom. The first-order chi connectivity index (χ1) is 12.5. The number of nitrogens with one attached hydrogen (secondary N) is 1. The lowest BCUT2D eigenvalue weighted by atomic mass is 10.0. The molecule has 0 spiro atoms. The van der Waals surface area contributed by atoms with Crippen molar-refractivity contribution >= 4 is 56.3 Å². The van der Waals surface area contributed by atoms with Crippen LogP contribution in [0.1, 0.15) is 10.4 Å². The van der Waals surface area contributed by atoms with Gasteiger partial charge in [0, 0.05) is 26.2 Å². The molecule has 0 radical (unpaired) electrons. The highest BCUT2D eigenvalue weighted by molar-refractivity contribution is 7.19. The van der Waals surface area contributed by atoms with Gasteiger partial charge in [-0.05, 0) is 49.2 Å². The smallest absolute Gasteiger partial charge is 0.143 e. The molecule has 4 rings (SSSR count). The van der Waals surface area contributed by atoms with Gasteiger partial charge in [0.05, 0.1) is 5.39 Å². The van der Waals surface area contributed by atoms with E-state index in [0.717, 1.165) is 48.5 Å². The molecule has 0 atom stereocenters. The minimum Gasteiger partial charge on any atom is -0.340 e. The fourth-order valence-corrected chi connectivity index (χ4v) is 4.23. The second-order valence-electron chi connectivity index (χ2n) is 6.03. The Bertz CT molecular complexity index is 1100. The molecule has 0 fully saturated rings. The molecule has 2 aromatic heterocycles. The van der Waals surface area contributed by atoms with E-state index in [2.05, 4.69) is 22.2 Å². The van der Waals surface area contributed by atoms with Crippen molar-refractivity contribution in [2.24, 2.45) is 0 Å². The van der Waals surface area contributed by atoms with Gasteiger partial charge in [-0.2, -0.15) is 0 Å². The zero-order chi connectivity index (χ0) is 18.3. The molecule has 4 aromatic rings. The van der Waals surface area contributed by atoms with Crippen LogP contribution in [0.5, 0.6) is 0 Å². The van der Waals surface area contributed by atoms with Crippen molar-refractivity contribution in [1.29, 1.82) is 0 Å². The number of fused-ring (bicyclic) bond motifs is 1. The highest BCUT2D eigenvalue weighted by Crippen LogP contribution is 2.41. The van der Waals surface area contributed by atoms with Crippen molar-refractivity contribution < 1.29 is 0 Å². The molecular formula is C20H15Cl2N3S. The summed E-state index contributed by atoms with van der Waals surface area (Å²) in [6, 6.07) is 13.7. The standard InChI is InChI=1S/C20H15Cl2N3S/c1-11-3-8-15(9-16(11)22)25-19-18-17(13-4-6-14(21)7-5-13)12(2)26-20(18)24-10-23-19/h3-10H,1-2H3,(H,23,24,25). The molecule has 0 aliphatic heterocycles. The topological polar surface area (TPSA) is 37.8 Å². The van der Waals surface area contributed by atoms with Gasteiger partial charge in [0.25, 0.3) is 0 Å². The molecule has 6 heteroatoms. The van der Waals surface area contributed by atoms with Crippen LogP contribution in [0.4, 0.5) is 11.5 Å². The number of hydrogen-bond acceptors (Lipinski definition) is 4. The van der Waals surface area contributed by atoms with E-state index in [9.17, 15) is 0 Å². The summed E-state index contributed by atoms with van der Waals surface area (Å²) in [7, 11) is 0. The Kier molecular flexibility index (Phi) is 4.57. The van der Waals surface area contributed by atoms with Gasteiger partial charge in [0.15, 0.2) is 0 Å². The van der Waals surface area contributed by atoms with Gasteiger partial charge in [-0.15, -0.1) is 11.3 Å². The van der Waals surface area contributed by atoms with Crippen LogP contribution in [0.25, 0.3) is 21.3 Å². The largest absolute Gasteiger partial charge is 0.340 e.